The summed E-state index contributed by atoms with van der Waals surface area (Å²) >= 11 is 0. The van der Waals surface area contributed by atoms with Crippen molar-refractivity contribution in [2.45, 2.75) is 51.7 Å². The molecule has 1 aromatic carbocycles. The molecule has 1 saturated carbocycles. The Labute approximate surface area is 121 Å². The van der Waals surface area contributed by atoms with Crippen molar-refractivity contribution in [3.8, 4) is 0 Å². The molecule has 0 radical (unpaired) electrons. The number of rotatable bonds is 2. The minimum absolute atomic E-state index is 0.179. The van der Waals surface area contributed by atoms with Crippen LogP contribution in [-0.2, 0) is 13.1 Å². The van der Waals surface area contributed by atoms with E-state index in [0.717, 1.165) is 25.1 Å². The van der Waals surface area contributed by atoms with Gasteiger partial charge in [-0.25, -0.2) is 0 Å². The highest BCUT2D eigenvalue weighted by Crippen LogP contribution is 2.28. The average molecular weight is 272 g/mol. The lowest BCUT2D eigenvalue weighted by Gasteiger charge is -2.36. The summed E-state index contributed by atoms with van der Waals surface area (Å²) in [5.41, 5.74) is 3.45. The Hall–Kier alpha value is -1.35. The van der Waals surface area contributed by atoms with Gasteiger partial charge in [-0.1, -0.05) is 25.8 Å². The number of amides is 1. The zero-order valence-corrected chi connectivity index (χ0v) is 12.5. The van der Waals surface area contributed by atoms with Crippen molar-refractivity contribution in [2.75, 3.05) is 7.05 Å². The number of nitrogens with zero attached hydrogens (tertiary/aromatic N) is 1. The van der Waals surface area contributed by atoms with Crippen LogP contribution in [0.2, 0.25) is 0 Å². The standard InChI is InChI=1S/C17H24N2O/c1-12-5-3-4-6-16(12)19(2)17(20)13-7-8-14-10-18-11-15(14)9-13/h7-9,12,16,18H,3-6,10-11H2,1-2H3. The first kappa shape index (κ1) is 13.6. The molecule has 2 unspecified atom stereocenters. The van der Waals surface area contributed by atoms with E-state index in [1.165, 1.54) is 30.4 Å². The second-order valence-corrected chi connectivity index (χ2v) is 6.33. The number of carbonyl (C=O) groups excluding carboxylic acids is 1. The highest BCUT2D eigenvalue weighted by atomic mass is 16.2. The van der Waals surface area contributed by atoms with Crippen LogP contribution < -0.4 is 5.32 Å². The number of carbonyl (C=O) groups is 1. The van der Waals surface area contributed by atoms with Crippen molar-refractivity contribution < 1.29 is 4.79 Å². The predicted octanol–water partition coefficient (Wildman–Crippen LogP) is 2.94. The van der Waals surface area contributed by atoms with Gasteiger partial charge in [0.05, 0.1) is 0 Å². The van der Waals surface area contributed by atoms with Crippen LogP contribution in [0, 0.1) is 5.92 Å². The summed E-state index contributed by atoms with van der Waals surface area (Å²) in [4.78, 5) is 14.7. The van der Waals surface area contributed by atoms with E-state index in [-0.39, 0.29) is 5.91 Å². The molecule has 2 atom stereocenters. The van der Waals surface area contributed by atoms with E-state index in [1.807, 2.05) is 18.0 Å². The summed E-state index contributed by atoms with van der Waals surface area (Å²) in [5.74, 6) is 0.798. The SMILES string of the molecule is CC1CCCCC1N(C)C(=O)c1ccc2c(c1)CNC2. The van der Waals surface area contributed by atoms with E-state index < -0.39 is 0 Å². The van der Waals surface area contributed by atoms with Crippen molar-refractivity contribution in [1.29, 1.82) is 0 Å². The fourth-order valence-corrected chi connectivity index (χ4v) is 3.65. The van der Waals surface area contributed by atoms with E-state index in [0.29, 0.717) is 12.0 Å². The Kier molecular flexibility index (Phi) is 3.79. The molecule has 1 fully saturated rings. The molecule has 3 rings (SSSR count). The highest BCUT2D eigenvalue weighted by Gasteiger charge is 2.28. The van der Waals surface area contributed by atoms with Crippen molar-refractivity contribution >= 4 is 5.91 Å². The molecule has 1 aliphatic heterocycles. The Bertz CT molecular complexity index is 512. The molecule has 108 valence electrons. The second kappa shape index (κ2) is 5.57. The lowest BCUT2D eigenvalue weighted by atomic mass is 9.85. The van der Waals surface area contributed by atoms with Crippen LogP contribution in [0.5, 0.6) is 0 Å². The number of fused-ring (bicyclic) bond motifs is 1. The molecule has 3 heteroatoms. The molecule has 3 nitrogen and oxygen atoms in total. The minimum Gasteiger partial charge on any atom is -0.338 e. The third-order valence-electron chi connectivity index (χ3n) is 4.97. The van der Waals surface area contributed by atoms with Crippen LogP contribution in [0.3, 0.4) is 0 Å². The van der Waals surface area contributed by atoms with Crippen LogP contribution in [0.1, 0.15) is 54.1 Å². The largest absolute Gasteiger partial charge is 0.338 e. The van der Waals surface area contributed by atoms with Gasteiger partial charge in [-0.3, -0.25) is 4.79 Å². The van der Waals surface area contributed by atoms with Crippen LogP contribution >= 0.6 is 0 Å². The van der Waals surface area contributed by atoms with Gasteiger partial charge in [0.2, 0.25) is 0 Å². The highest BCUT2D eigenvalue weighted by molar-refractivity contribution is 5.94. The molecule has 0 bridgehead atoms. The first-order valence-electron chi connectivity index (χ1n) is 7.76. The summed E-state index contributed by atoms with van der Waals surface area (Å²) in [6, 6.07) is 6.56. The number of hydrogen-bond donors (Lipinski definition) is 1. The monoisotopic (exact) mass is 272 g/mol. The average Bonchev–Trinajstić information content (AvgIpc) is 2.93. The maximum absolute atomic E-state index is 12.7. The molecule has 1 N–H and O–H groups in total. The Morgan fingerprint density at radius 2 is 1.95 bits per heavy atom. The van der Waals surface area contributed by atoms with Crippen LogP contribution in [0.4, 0.5) is 0 Å². The van der Waals surface area contributed by atoms with Gasteiger partial charge in [0.1, 0.15) is 0 Å². The van der Waals surface area contributed by atoms with Gasteiger partial charge in [-0.05, 0) is 42.0 Å². The Balaban J connectivity index is 1.77. The zero-order chi connectivity index (χ0) is 14.1. The maximum Gasteiger partial charge on any atom is 0.253 e. The van der Waals surface area contributed by atoms with Crippen LogP contribution in [0.15, 0.2) is 18.2 Å². The topological polar surface area (TPSA) is 32.3 Å². The molecule has 20 heavy (non-hydrogen) atoms. The van der Waals surface area contributed by atoms with Gasteiger partial charge in [-0.15, -0.1) is 0 Å². The zero-order valence-electron chi connectivity index (χ0n) is 12.5. The summed E-state index contributed by atoms with van der Waals surface area (Å²) < 4.78 is 0. The van der Waals surface area contributed by atoms with E-state index in [2.05, 4.69) is 24.4 Å². The van der Waals surface area contributed by atoms with Crippen molar-refractivity contribution in [3.05, 3.63) is 34.9 Å². The number of benzene rings is 1. The first-order valence-corrected chi connectivity index (χ1v) is 7.76. The molecule has 1 amide bonds. The molecule has 0 saturated heterocycles. The second-order valence-electron chi connectivity index (χ2n) is 6.33. The lowest BCUT2D eigenvalue weighted by molar-refractivity contribution is 0.0629. The van der Waals surface area contributed by atoms with Gasteiger partial charge in [0.25, 0.3) is 5.91 Å². The molecule has 1 heterocycles. The minimum atomic E-state index is 0.179. The summed E-state index contributed by atoms with van der Waals surface area (Å²) in [5, 5.41) is 3.33. The van der Waals surface area contributed by atoms with Crippen molar-refractivity contribution in [1.82, 2.24) is 10.2 Å². The fraction of sp³-hybridized carbons (Fsp3) is 0.588. The Morgan fingerprint density at radius 1 is 1.20 bits per heavy atom. The van der Waals surface area contributed by atoms with Crippen LogP contribution in [0.25, 0.3) is 0 Å². The molecule has 1 aliphatic carbocycles. The smallest absolute Gasteiger partial charge is 0.253 e. The molecular weight excluding hydrogens is 248 g/mol. The molecule has 1 aromatic rings. The number of hydrogen-bond acceptors (Lipinski definition) is 2. The van der Waals surface area contributed by atoms with Gasteiger partial charge >= 0.3 is 0 Å². The number of nitrogens with one attached hydrogen (secondary N) is 1. The van der Waals surface area contributed by atoms with Gasteiger partial charge < -0.3 is 10.2 Å². The van der Waals surface area contributed by atoms with Crippen LogP contribution in [-0.4, -0.2) is 23.9 Å². The molecule has 0 aromatic heterocycles. The fourth-order valence-electron chi connectivity index (χ4n) is 3.65. The summed E-state index contributed by atoms with van der Waals surface area (Å²) in [7, 11) is 1.97. The summed E-state index contributed by atoms with van der Waals surface area (Å²) in [6.45, 7) is 4.10. The Morgan fingerprint density at radius 3 is 2.75 bits per heavy atom. The third kappa shape index (κ3) is 2.47. The van der Waals surface area contributed by atoms with E-state index in [1.54, 1.807) is 0 Å². The van der Waals surface area contributed by atoms with Gasteiger partial charge in [-0.2, -0.15) is 0 Å². The van der Waals surface area contributed by atoms with E-state index in [4.69, 9.17) is 0 Å². The normalized spacial score (nSPS) is 25.3. The van der Waals surface area contributed by atoms with Gasteiger partial charge in [0.15, 0.2) is 0 Å². The van der Waals surface area contributed by atoms with Gasteiger partial charge in [0, 0.05) is 31.7 Å². The predicted molar refractivity (Wildman–Crippen MR) is 80.5 cm³/mol. The van der Waals surface area contributed by atoms with E-state index in [9.17, 15) is 4.79 Å². The third-order valence-corrected chi connectivity index (χ3v) is 4.97. The van der Waals surface area contributed by atoms with Crippen molar-refractivity contribution in [2.24, 2.45) is 5.92 Å². The van der Waals surface area contributed by atoms with E-state index >= 15 is 0 Å². The quantitative estimate of drug-likeness (QED) is 0.897. The maximum atomic E-state index is 12.7. The first-order chi connectivity index (χ1) is 9.66. The molecule has 2 aliphatic rings. The van der Waals surface area contributed by atoms with Crippen molar-refractivity contribution in [3.63, 3.8) is 0 Å². The lowest BCUT2D eigenvalue weighted by Crippen LogP contribution is -2.42. The molecular formula is C17H24N2O. The molecule has 0 spiro atoms. The summed E-state index contributed by atoms with van der Waals surface area (Å²) in [6.07, 6.45) is 4.96.